The van der Waals surface area contributed by atoms with E-state index in [0.29, 0.717) is 6.42 Å². The summed E-state index contributed by atoms with van der Waals surface area (Å²) in [7, 11) is 1.46. The van der Waals surface area contributed by atoms with Crippen molar-refractivity contribution >= 4 is 29.8 Å². The summed E-state index contributed by atoms with van der Waals surface area (Å²) < 4.78 is 65.9. The topological polar surface area (TPSA) is 129 Å². The quantitative estimate of drug-likeness (QED) is 0.244. The summed E-state index contributed by atoms with van der Waals surface area (Å²) in [6.07, 6.45) is -2.28. The van der Waals surface area contributed by atoms with E-state index in [4.69, 9.17) is 0 Å². The average molecular weight is 552 g/mol. The zero-order valence-electron chi connectivity index (χ0n) is 21.7. The normalized spacial score (nSPS) is 25.9. The third kappa shape index (κ3) is 7.40. The van der Waals surface area contributed by atoms with Crippen LogP contribution in [0.4, 0.5) is 22.0 Å². The van der Waals surface area contributed by atoms with E-state index in [0.717, 1.165) is 12.8 Å². The van der Waals surface area contributed by atoms with Gasteiger partial charge in [0.25, 0.3) is 5.92 Å². The van der Waals surface area contributed by atoms with Crippen molar-refractivity contribution in [3.8, 4) is 0 Å². The molecule has 2 aliphatic carbocycles. The number of halogens is 5. The molecule has 0 aromatic carbocycles. The number of alkyl halides is 5. The van der Waals surface area contributed by atoms with Gasteiger partial charge in [-0.2, -0.15) is 13.2 Å². The molecule has 3 rings (SSSR count). The van der Waals surface area contributed by atoms with Crippen LogP contribution >= 0.6 is 0 Å². The SMILES string of the molecule is CN=C[C@H](C[C@@H]1CC2(CC2)NC1=O)NC(=O)[C@H](CC1CC1(F)F)NC(=O)[C@@H](NC(=O)C(F)(F)F)C(C)(C)C. The van der Waals surface area contributed by atoms with Crippen molar-refractivity contribution in [2.75, 3.05) is 7.05 Å². The second-order valence-electron chi connectivity index (χ2n) is 11.7. The van der Waals surface area contributed by atoms with Gasteiger partial charge in [0.05, 0.1) is 6.04 Å². The molecule has 38 heavy (non-hydrogen) atoms. The number of hydrogen-bond acceptors (Lipinski definition) is 5. The van der Waals surface area contributed by atoms with Gasteiger partial charge in [0, 0.05) is 37.1 Å². The second-order valence-corrected chi connectivity index (χ2v) is 11.7. The highest BCUT2D eigenvalue weighted by Crippen LogP contribution is 2.51. The van der Waals surface area contributed by atoms with E-state index in [1.165, 1.54) is 34.0 Å². The van der Waals surface area contributed by atoms with Crippen molar-refractivity contribution in [3.63, 3.8) is 0 Å². The summed E-state index contributed by atoms with van der Waals surface area (Å²) in [5.41, 5.74) is -1.40. The molecule has 0 aromatic rings. The monoisotopic (exact) mass is 551 g/mol. The van der Waals surface area contributed by atoms with E-state index in [1.807, 2.05) is 0 Å². The molecule has 1 unspecified atom stereocenters. The summed E-state index contributed by atoms with van der Waals surface area (Å²) in [6.45, 7) is 4.22. The summed E-state index contributed by atoms with van der Waals surface area (Å²) in [5, 5.41) is 9.48. The molecule has 2 saturated carbocycles. The van der Waals surface area contributed by atoms with E-state index >= 15 is 0 Å². The molecular formula is C24H34F5N5O4. The van der Waals surface area contributed by atoms with Crippen LogP contribution in [0.1, 0.15) is 59.3 Å². The standard InChI is InChI=1S/C24H34F5N5O4/c1-21(2,3)16(33-20(38)24(27,28)29)19(37)32-15(8-13-10-23(13,25)26)18(36)31-14(11-30-4)7-12-9-22(5-6-22)34-17(12)35/h11-16H,5-10H2,1-4H3,(H,31,36)(H,32,37)(H,33,38)(H,34,35)/t12-,13?,14+,15+,16-/m1/s1. The Kier molecular flexibility index (Phi) is 8.14. The third-order valence-corrected chi connectivity index (χ3v) is 7.21. The molecule has 1 saturated heterocycles. The van der Waals surface area contributed by atoms with Gasteiger partial charge in [-0.1, -0.05) is 20.8 Å². The molecule has 0 bridgehead atoms. The van der Waals surface area contributed by atoms with Crippen molar-refractivity contribution in [1.29, 1.82) is 0 Å². The molecule has 1 aliphatic heterocycles. The number of nitrogens with one attached hydrogen (secondary N) is 4. The first-order valence-electron chi connectivity index (χ1n) is 12.5. The summed E-state index contributed by atoms with van der Waals surface area (Å²) in [4.78, 5) is 54.0. The van der Waals surface area contributed by atoms with Crippen LogP contribution in [0.2, 0.25) is 0 Å². The molecular weight excluding hydrogens is 517 g/mol. The van der Waals surface area contributed by atoms with E-state index in [2.05, 4.69) is 20.9 Å². The number of amides is 4. The summed E-state index contributed by atoms with van der Waals surface area (Å²) >= 11 is 0. The predicted molar refractivity (Wildman–Crippen MR) is 126 cm³/mol. The molecule has 3 fully saturated rings. The first kappa shape index (κ1) is 29.8. The number of aliphatic imine (C=N–C) groups is 1. The number of carbonyl (C=O) groups is 4. The summed E-state index contributed by atoms with van der Waals surface area (Å²) in [6, 6.07) is -3.98. The van der Waals surface area contributed by atoms with Gasteiger partial charge in [-0.15, -0.1) is 0 Å². The van der Waals surface area contributed by atoms with Crippen molar-refractivity contribution in [1.82, 2.24) is 21.3 Å². The zero-order chi connectivity index (χ0) is 28.7. The number of rotatable bonds is 10. The van der Waals surface area contributed by atoms with Gasteiger partial charge in [-0.3, -0.25) is 24.2 Å². The first-order valence-corrected chi connectivity index (χ1v) is 12.5. The Balaban J connectivity index is 1.73. The largest absolute Gasteiger partial charge is 0.471 e. The Labute approximate surface area is 217 Å². The van der Waals surface area contributed by atoms with E-state index < -0.39 is 78.0 Å². The lowest BCUT2D eigenvalue weighted by Crippen LogP contribution is -2.60. The Morgan fingerprint density at radius 2 is 1.66 bits per heavy atom. The molecule has 3 aliphatic rings. The van der Waals surface area contributed by atoms with Crippen molar-refractivity contribution in [2.24, 2.45) is 22.2 Å². The minimum absolute atomic E-state index is 0.151. The van der Waals surface area contributed by atoms with Crippen molar-refractivity contribution < 1.29 is 41.1 Å². The van der Waals surface area contributed by atoms with Gasteiger partial charge in [0.1, 0.15) is 12.1 Å². The fourth-order valence-electron chi connectivity index (χ4n) is 4.76. The molecule has 14 heteroatoms. The lowest BCUT2D eigenvalue weighted by Gasteiger charge is -2.32. The molecule has 1 spiro atoms. The first-order chi connectivity index (χ1) is 17.4. The molecule has 5 atom stereocenters. The van der Waals surface area contributed by atoms with Gasteiger partial charge >= 0.3 is 12.1 Å². The van der Waals surface area contributed by atoms with E-state index in [9.17, 15) is 41.1 Å². The van der Waals surface area contributed by atoms with Crippen LogP contribution in [0, 0.1) is 17.3 Å². The minimum Gasteiger partial charge on any atom is -0.350 e. The highest BCUT2D eigenvalue weighted by Gasteiger charge is 2.58. The van der Waals surface area contributed by atoms with Gasteiger partial charge in [-0.05, 0) is 37.5 Å². The maximum atomic E-state index is 13.7. The van der Waals surface area contributed by atoms with Crippen molar-refractivity contribution in [3.05, 3.63) is 0 Å². The lowest BCUT2D eigenvalue weighted by molar-refractivity contribution is -0.175. The Bertz CT molecular complexity index is 990. The van der Waals surface area contributed by atoms with Crippen LogP contribution in [0.5, 0.6) is 0 Å². The maximum absolute atomic E-state index is 13.7. The molecule has 4 N–H and O–H groups in total. The molecule has 0 aromatic heterocycles. The third-order valence-electron chi connectivity index (χ3n) is 7.21. The van der Waals surface area contributed by atoms with Gasteiger partial charge in [0.2, 0.25) is 17.7 Å². The van der Waals surface area contributed by atoms with Crippen LogP contribution in [0.25, 0.3) is 0 Å². The predicted octanol–water partition coefficient (Wildman–Crippen LogP) is 1.85. The maximum Gasteiger partial charge on any atom is 0.471 e. The summed E-state index contributed by atoms with van der Waals surface area (Å²) in [5.74, 6) is -9.09. The number of carbonyl (C=O) groups excluding carboxylic acids is 4. The Morgan fingerprint density at radius 3 is 2.11 bits per heavy atom. The van der Waals surface area contributed by atoms with E-state index in [-0.39, 0.29) is 17.9 Å². The molecule has 1 heterocycles. The van der Waals surface area contributed by atoms with Crippen LogP contribution in [-0.2, 0) is 19.2 Å². The highest BCUT2D eigenvalue weighted by atomic mass is 19.4. The fraction of sp³-hybridized carbons (Fsp3) is 0.792. The molecule has 0 radical (unpaired) electrons. The van der Waals surface area contributed by atoms with E-state index in [1.54, 1.807) is 5.32 Å². The Morgan fingerprint density at radius 1 is 1.05 bits per heavy atom. The second kappa shape index (κ2) is 10.4. The molecule has 9 nitrogen and oxygen atoms in total. The average Bonchev–Trinajstić information content (AvgIpc) is 3.62. The van der Waals surface area contributed by atoms with Gasteiger partial charge < -0.3 is 21.3 Å². The zero-order valence-corrected chi connectivity index (χ0v) is 21.7. The van der Waals surface area contributed by atoms with Gasteiger partial charge in [0.15, 0.2) is 0 Å². The van der Waals surface area contributed by atoms with Crippen LogP contribution < -0.4 is 21.3 Å². The van der Waals surface area contributed by atoms with Crippen LogP contribution in [0.15, 0.2) is 4.99 Å². The molecule has 214 valence electrons. The number of nitrogens with zero attached hydrogens (tertiary/aromatic N) is 1. The fourth-order valence-corrected chi connectivity index (χ4v) is 4.76. The van der Waals surface area contributed by atoms with Crippen LogP contribution in [0.3, 0.4) is 0 Å². The van der Waals surface area contributed by atoms with Crippen LogP contribution in [-0.4, -0.2) is 72.7 Å². The number of hydrogen-bond donors (Lipinski definition) is 4. The molecule has 4 amide bonds. The minimum atomic E-state index is -5.26. The van der Waals surface area contributed by atoms with Gasteiger partial charge in [-0.25, -0.2) is 8.78 Å². The highest BCUT2D eigenvalue weighted by molar-refractivity contribution is 5.94. The smallest absolute Gasteiger partial charge is 0.350 e. The van der Waals surface area contributed by atoms with Crippen molar-refractivity contribution in [2.45, 2.75) is 95.1 Å². The Hall–Kier alpha value is -2.80. The lowest BCUT2D eigenvalue weighted by atomic mass is 9.85.